The minimum atomic E-state index is -5.08. The van der Waals surface area contributed by atoms with E-state index in [1.54, 1.807) is 0 Å². The summed E-state index contributed by atoms with van der Waals surface area (Å²) in [6, 6.07) is 2.99. The molecule has 0 unspecified atom stereocenters. The molecule has 0 saturated carbocycles. The van der Waals surface area contributed by atoms with E-state index in [0.29, 0.717) is 5.02 Å². The summed E-state index contributed by atoms with van der Waals surface area (Å²) in [4.78, 5) is 33.7. The first kappa shape index (κ1) is 17.6. The molecule has 0 spiro atoms. The van der Waals surface area contributed by atoms with Gasteiger partial charge in [-0.3, -0.25) is 9.59 Å². The average molecular weight is 314 g/mol. The number of halogens is 4. The Morgan fingerprint density at radius 1 is 1.30 bits per heavy atom. The number of hydrogen-bond donors (Lipinski definition) is 3. The van der Waals surface area contributed by atoms with Gasteiger partial charge in [0.05, 0.1) is 5.02 Å². The van der Waals surface area contributed by atoms with Crippen LogP contribution in [0.5, 0.6) is 0 Å². The Morgan fingerprint density at radius 2 is 1.80 bits per heavy atom. The number of aromatic nitrogens is 1. The van der Waals surface area contributed by atoms with E-state index in [1.165, 1.54) is 18.3 Å². The molecule has 0 aliphatic carbocycles. The molecule has 11 heteroatoms. The van der Waals surface area contributed by atoms with Gasteiger partial charge in [-0.25, -0.2) is 9.78 Å². The third-order valence-electron chi connectivity index (χ3n) is 1.44. The first-order valence-electron chi connectivity index (χ1n) is 4.56. The zero-order chi connectivity index (χ0) is 15.9. The molecule has 0 radical (unpaired) electrons. The Balaban J connectivity index is 0.000000441. The van der Waals surface area contributed by atoms with Crippen molar-refractivity contribution in [1.82, 2.24) is 4.98 Å². The van der Waals surface area contributed by atoms with Gasteiger partial charge in [-0.05, 0) is 12.1 Å². The summed E-state index contributed by atoms with van der Waals surface area (Å²) in [6.45, 7) is 0. The lowest BCUT2D eigenvalue weighted by molar-refractivity contribution is -0.192. The number of hydrogen-bond acceptors (Lipinski definition) is 4. The first-order chi connectivity index (χ1) is 9.04. The molecule has 0 aliphatic heterocycles. The van der Waals surface area contributed by atoms with Crippen LogP contribution >= 0.6 is 11.6 Å². The molecule has 0 aliphatic rings. The zero-order valence-electron chi connectivity index (χ0n) is 9.44. The summed E-state index contributed by atoms with van der Waals surface area (Å²) in [5.41, 5.74) is 4.71. The summed E-state index contributed by atoms with van der Waals surface area (Å²) in [6.07, 6.45) is -3.74. The molecule has 7 nitrogen and oxygen atoms in total. The highest BCUT2D eigenvalue weighted by Gasteiger charge is 2.38. The van der Waals surface area contributed by atoms with Crippen molar-refractivity contribution < 1.29 is 32.7 Å². The second-order valence-electron chi connectivity index (χ2n) is 2.98. The molecule has 0 fully saturated rings. The van der Waals surface area contributed by atoms with Gasteiger partial charge in [-0.1, -0.05) is 11.6 Å². The molecule has 4 N–H and O–H groups in total. The summed E-state index contributed by atoms with van der Waals surface area (Å²) in [5, 5.41) is 9.75. The van der Waals surface area contributed by atoms with E-state index >= 15 is 0 Å². The highest BCUT2D eigenvalue weighted by Crippen LogP contribution is 2.13. The van der Waals surface area contributed by atoms with Gasteiger partial charge in [0.25, 0.3) is 0 Å². The molecule has 0 atom stereocenters. The third-order valence-corrected chi connectivity index (χ3v) is 1.66. The molecule has 0 bridgehead atoms. The highest BCUT2D eigenvalue weighted by atomic mass is 35.5. The van der Waals surface area contributed by atoms with Crippen molar-refractivity contribution in [3.8, 4) is 0 Å². The van der Waals surface area contributed by atoms with Crippen molar-refractivity contribution in [2.75, 3.05) is 5.32 Å². The maximum atomic E-state index is 10.7. The lowest BCUT2D eigenvalue weighted by Gasteiger charge is -1.99. The predicted octanol–water partition coefficient (Wildman–Crippen LogP) is 0.792. The Hall–Kier alpha value is -2.36. The van der Waals surface area contributed by atoms with Crippen LogP contribution in [0.4, 0.5) is 19.0 Å². The van der Waals surface area contributed by atoms with Crippen molar-refractivity contribution >= 4 is 35.2 Å². The average Bonchev–Trinajstić information content (AvgIpc) is 2.31. The van der Waals surface area contributed by atoms with Crippen LogP contribution in [0.25, 0.3) is 0 Å². The van der Waals surface area contributed by atoms with Gasteiger partial charge >= 0.3 is 24.0 Å². The number of nitrogens with two attached hydrogens (primary N) is 1. The molecule has 1 aromatic rings. The van der Waals surface area contributed by atoms with Crippen molar-refractivity contribution in [2.45, 2.75) is 6.18 Å². The first-order valence-corrected chi connectivity index (χ1v) is 4.94. The van der Waals surface area contributed by atoms with Crippen LogP contribution < -0.4 is 11.1 Å². The molecular weight excluding hydrogens is 307 g/mol. The molecule has 1 heterocycles. The summed E-state index contributed by atoms with van der Waals surface area (Å²) in [7, 11) is 0. The van der Waals surface area contributed by atoms with Crippen molar-refractivity contribution in [2.24, 2.45) is 5.73 Å². The zero-order valence-corrected chi connectivity index (χ0v) is 10.2. The Labute approximate surface area is 114 Å². The second-order valence-corrected chi connectivity index (χ2v) is 3.42. The molecule has 0 saturated heterocycles. The number of amides is 2. The van der Waals surface area contributed by atoms with Crippen molar-refractivity contribution in [1.29, 1.82) is 0 Å². The van der Waals surface area contributed by atoms with Crippen LogP contribution in [0.2, 0.25) is 5.02 Å². The topological polar surface area (TPSA) is 122 Å². The number of pyridine rings is 1. The van der Waals surface area contributed by atoms with E-state index in [0.717, 1.165) is 0 Å². The number of primary amides is 1. The van der Waals surface area contributed by atoms with Crippen molar-refractivity contribution in [3.63, 3.8) is 0 Å². The fourth-order valence-corrected chi connectivity index (χ4v) is 0.739. The number of carbonyl (C=O) groups excluding carboxylic acids is 2. The lowest BCUT2D eigenvalue weighted by atomic mass is 10.4. The monoisotopic (exact) mass is 313 g/mol. The normalized spacial score (nSPS) is 10.0. The largest absolute Gasteiger partial charge is 0.490 e. The number of nitrogens with zero attached hydrogens (tertiary/aromatic N) is 1. The molecule has 0 aromatic carbocycles. The van der Waals surface area contributed by atoms with Crippen LogP contribution in [0.15, 0.2) is 18.3 Å². The third kappa shape index (κ3) is 7.16. The Morgan fingerprint density at radius 3 is 2.10 bits per heavy atom. The van der Waals surface area contributed by atoms with E-state index in [-0.39, 0.29) is 5.82 Å². The molecular formula is C9H7ClF3N3O4. The number of rotatable bonds is 1. The lowest BCUT2D eigenvalue weighted by Crippen LogP contribution is -2.29. The smallest absolute Gasteiger partial charge is 0.475 e. The van der Waals surface area contributed by atoms with Crippen LogP contribution in [0.1, 0.15) is 0 Å². The fourth-order valence-electron chi connectivity index (χ4n) is 0.628. The highest BCUT2D eigenvalue weighted by molar-refractivity contribution is 6.39. The van der Waals surface area contributed by atoms with Crippen LogP contribution in [-0.4, -0.2) is 34.1 Å². The fraction of sp³-hybridized carbons (Fsp3) is 0.111. The number of carbonyl (C=O) groups is 3. The second kappa shape index (κ2) is 7.28. The van der Waals surface area contributed by atoms with Crippen molar-refractivity contribution in [3.05, 3.63) is 23.4 Å². The minimum absolute atomic E-state index is 0.230. The van der Waals surface area contributed by atoms with E-state index in [1.807, 2.05) is 0 Å². The molecule has 1 aromatic heterocycles. The maximum Gasteiger partial charge on any atom is 0.490 e. The molecule has 1 rings (SSSR count). The van der Waals surface area contributed by atoms with Crippen LogP contribution in [-0.2, 0) is 14.4 Å². The molecule has 2 amide bonds. The van der Waals surface area contributed by atoms with Gasteiger partial charge in [-0.15, -0.1) is 0 Å². The van der Waals surface area contributed by atoms with Gasteiger partial charge in [0.1, 0.15) is 5.82 Å². The minimum Gasteiger partial charge on any atom is -0.475 e. The number of carboxylic acids is 1. The van der Waals surface area contributed by atoms with E-state index in [9.17, 15) is 22.8 Å². The van der Waals surface area contributed by atoms with Gasteiger partial charge in [0.15, 0.2) is 0 Å². The summed E-state index contributed by atoms with van der Waals surface area (Å²) >= 11 is 5.54. The van der Waals surface area contributed by atoms with Gasteiger partial charge in [0.2, 0.25) is 0 Å². The predicted molar refractivity (Wildman–Crippen MR) is 60.8 cm³/mol. The van der Waals surface area contributed by atoms with Gasteiger partial charge < -0.3 is 16.2 Å². The van der Waals surface area contributed by atoms with Gasteiger partial charge in [0, 0.05) is 6.20 Å². The molecule has 110 valence electrons. The number of aliphatic carboxylic acids is 1. The van der Waals surface area contributed by atoms with E-state index < -0.39 is 24.0 Å². The molecule has 20 heavy (non-hydrogen) atoms. The van der Waals surface area contributed by atoms with Crippen LogP contribution in [0.3, 0.4) is 0 Å². The quantitative estimate of drug-likeness (QED) is 0.662. The maximum absolute atomic E-state index is 10.7. The van der Waals surface area contributed by atoms with E-state index in [4.69, 9.17) is 27.2 Å². The number of alkyl halides is 3. The number of nitrogens with one attached hydrogen (secondary N) is 1. The Bertz CT molecular complexity index is 504. The summed E-state index contributed by atoms with van der Waals surface area (Å²) < 4.78 is 31.7. The number of carboxylic acid groups (broad SMARTS) is 1. The summed E-state index contributed by atoms with van der Waals surface area (Å²) in [5.74, 6) is -4.49. The van der Waals surface area contributed by atoms with Gasteiger partial charge in [-0.2, -0.15) is 13.2 Å². The Kier molecular flexibility index (Phi) is 6.42. The SMILES string of the molecule is NC(=O)C(=O)Nc1ccc(Cl)cn1.O=C(O)C(F)(F)F. The van der Waals surface area contributed by atoms with E-state index in [2.05, 4.69) is 10.3 Å². The van der Waals surface area contributed by atoms with Crippen LogP contribution in [0, 0.1) is 0 Å². The standard InChI is InChI=1S/C7H6ClN3O2.C2HF3O2/c8-4-1-2-5(10-3-4)11-7(13)6(9)12;3-2(4,5)1(6)7/h1-3H,(H2,9,12)(H,10,11,13);(H,6,7). The number of anilines is 1.